The van der Waals surface area contributed by atoms with Crippen LogP contribution in [0.25, 0.3) is 0 Å². The molecule has 1 amide bonds. The Kier molecular flexibility index (Phi) is 6.33. The van der Waals surface area contributed by atoms with Gasteiger partial charge >= 0.3 is 0 Å². The average molecular weight is 397 g/mol. The molecule has 1 unspecified atom stereocenters. The van der Waals surface area contributed by atoms with Crippen LogP contribution in [0.1, 0.15) is 35.7 Å². The van der Waals surface area contributed by atoms with Crippen LogP contribution in [0, 0.1) is 17.2 Å². The zero-order valence-electron chi connectivity index (χ0n) is 15.6. The summed E-state index contributed by atoms with van der Waals surface area (Å²) in [6.07, 6.45) is 0.602. The highest BCUT2D eigenvalue weighted by molar-refractivity contribution is 6.30. The van der Waals surface area contributed by atoms with Gasteiger partial charge < -0.3 is 9.64 Å². The van der Waals surface area contributed by atoms with Crippen LogP contribution >= 0.6 is 11.6 Å². The van der Waals surface area contributed by atoms with Crippen molar-refractivity contribution in [3.05, 3.63) is 64.7 Å². The second kappa shape index (κ2) is 8.90. The molecule has 2 aromatic carbocycles. The van der Waals surface area contributed by atoms with Gasteiger partial charge in [0.2, 0.25) is 0 Å². The number of nitrogens with zero attached hydrogens (tertiary/aromatic N) is 2. The summed E-state index contributed by atoms with van der Waals surface area (Å²) in [6.45, 7) is 2.75. The van der Waals surface area contributed by atoms with Gasteiger partial charge in [0.25, 0.3) is 5.91 Å². The Morgan fingerprint density at radius 1 is 1.18 bits per heavy atom. The quantitative estimate of drug-likeness (QED) is 0.713. The molecule has 1 fully saturated rings. The third kappa shape index (κ3) is 4.71. The van der Waals surface area contributed by atoms with E-state index in [0.29, 0.717) is 47.8 Å². The first-order valence-electron chi connectivity index (χ1n) is 9.23. The third-order valence-electron chi connectivity index (χ3n) is 4.93. The number of amides is 1. The minimum Gasteiger partial charge on any atom is -0.481 e. The van der Waals surface area contributed by atoms with Crippen LogP contribution in [0.2, 0.25) is 5.02 Å². The van der Waals surface area contributed by atoms with Crippen molar-refractivity contribution >= 4 is 23.3 Å². The van der Waals surface area contributed by atoms with E-state index in [4.69, 9.17) is 21.6 Å². The summed E-state index contributed by atoms with van der Waals surface area (Å²) in [5, 5.41) is 9.56. The summed E-state index contributed by atoms with van der Waals surface area (Å²) >= 11 is 5.88. The van der Waals surface area contributed by atoms with E-state index in [1.165, 1.54) is 0 Å². The van der Waals surface area contributed by atoms with Gasteiger partial charge in [0, 0.05) is 29.6 Å². The van der Waals surface area contributed by atoms with Crippen molar-refractivity contribution < 1.29 is 14.3 Å². The number of halogens is 1. The number of ketones is 1. The normalized spacial score (nSPS) is 15.5. The van der Waals surface area contributed by atoms with E-state index in [2.05, 4.69) is 6.07 Å². The standard InChI is InChI=1S/C22H21ClN2O3/c1-15(28-20-4-2-3-16(13-20)14-24)22(27)25-11-9-18(10-12-25)21(26)17-5-7-19(23)8-6-17/h2-8,13,15,18H,9-12H2,1H3. The van der Waals surface area contributed by atoms with Gasteiger partial charge in [-0.05, 0) is 62.2 Å². The van der Waals surface area contributed by atoms with Gasteiger partial charge in [0.15, 0.2) is 11.9 Å². The van der Waals surface area contributed by atoms with Gasteiger partial charge in [-0.1, -0.05) is 17.7 Å². The van der Waals surface area contributed by atoms with Crippen molar-refractivity contribution in [3.8, 4) is 11.8 Å². The Morgan fingerprint density at radius 3 is 2.50 bits per heavy atom. The number of hydrogen-bond acceptors (Lipinski definition) is 4. The SMILES string of the molecule is CC(Oc1cccc(C#N)c1)C(=O)N1CCC(C(=O)c2ccc(Cl)cc2)CC1. The minimum atomic E-state index is -0.655. The predicted molar refractivity (Wildman–Crippen MR) is 106 cm³/mol. The van der Waals surface area contributed by atoms with Gasteiger partial charge in [-0.3, -0.25) is 9.59 Å². The molecule has 0 aliphatic carbocycles. The summed E-state index contributed by atoms with van der Waals surface area (Å²) in [5.41, 5.74) is 1.14. The fraction of sp³-hybridized carbons (Fsp3) is 0.318. The Balaban J connectivity index is 1.55. The van der Waals surface area contributed by atoms with Crippen molar-refractivity contribution in [1.29, 1.82) is 5.26 Å². The highest BCUT2D eigenvalue weighted by atomic mass is 35.5. The number of benzene rings is 2. The van der Waals surface area contributed by atoms with E-state index in [9.17, 15) is 9.59 Å². The first kappa shape index (κ1) is 19.9. The van der Waals surface area contributed by atoms with Crippen LogP contribution in [0.15, 0.2) is 48.5 Å². The molecule has 1 heterocycles. The lowest BCUT2D eigenvalue weighted by Gasteiger charge is -2.33. The van der Waals surface area contributed by atoms with Crippen molar-refractivity contribution in [2.75, 3.05) is 13.1 Å². The number of ether oxygens (including phenoxy) is 1. The number of Topliss-reactive ketones (excluding diaryl/α,β-unsaturated/α-hetero) is 1. The van der Waals surface area contributed by atoms with Crippen LogP contribution in [-0.2, 0) is 4.79 Å². The fourth-order valence-electron chi connectivity index (χ4n) is 3.36. The summed E-state index contributed by atoms with van der Waals surface area (Å²) in [4.78, 5) is 27.0. The molecule has 0 bridgehead atoms. The zero-order chi connectivity index (χ0) is 20.1. The first-order chi connectivity index (χ1) is 13.5. The molecule has 3 rings (SSSR count). The minimum absolute atomic E-state index is 0.0891. The van der Waals surface area contributed by atoms with Crippen LogP contribution in [0.5, 0.6) is 5.75 Å². The van der Waals surface area contributed by atoms with E-state index in [-0.39, 0.29) is 17.6 Å². The van der Waals surface area contributed by atoms with Crippen LogP contribution in [-0.4, -0.2) is 35.8 Å². The molecular formula is C22H21ClN2O3. The monoisotopic (exact) mass is 396 g/mol. The molecule has 0 aromatic heterocycles. The number of rotatable bonds is 5. The highest BCUT2D eigenvalue weighted by Gasteiger charge is 2.30. The summed E-state index contributed by atoms with van der Waals surface area (Å²) in [5.74, 6) is 0.391. The highest BCUT2D eigenvalue weighted by Crippen LogP contribution is 2.24. The second-order valence-corrected chi connectivity index (χ2v) is 7.31. The maximum Gasteiger partial charge on any atom is 0.263 e. The van der Waals surface area contributed by atoms with Gasteiger partial charge in [0.1, 0.15) is 5.75 Å². The number of likely N-dealkylation sites (tertiary alicyclic amines) is 1. The molecule has 0 N–H and O–H groups in total. The van der Waals surface area contributed by atoms with Crippen molar-refractivity contribution in [2.45, 2.75) is 25.9 Å². The van der Waals surface area contributed by atoms with Crippen molar-refractivity contribution in [3.63, 3.8) is 0 Å². The lowest BCUT2D eigenvalue weighted by Crippen LogP contribution is -2.45. The van der Waals surface area contributed by atoms with E-state index in [1.807, 2.05) is 0 Å². The molecule has 0 spiro atoms. The number of piperidine rings is 1. The Hall–Kier alpha value is -2.84. The van der Waals surface area contributed by atoms with Crippen molar-refractivity contribution in [1.82, 2.24) is 4.90 Å². The average Bonchev–Trinajstić information content (AvgIpc) is 2.73. The van der Waals surface area contributed by atoms with Crippen LogP contribution in [0.4, 0.5) is 0 Å². The summed E-state index contributed by atoms with van der Waals surface area (Å²) in [6, 6.07) is 15.7. The van der Waals surface area contributed by atoms with E-state index in [0.717, 1.165) is 0 Å². The lowest BCUT2D eigenvalue weighted by molar-refractivity contribution is -0.139. The van der Waals surface area contributed by atoms with Gasteiger partial charge in [-0.15, -0.1) is 0 Å². The second-order valence-electron chi connectivity index (χ2n) is 6.87. The smallest absolute Gasteiger partial charge is 0.263 e. The zero-order valence-corrected chi connectivity index (χ0v) is 16.4. The molecule has 1 atom stereocenters. The lowest BCUT2D eigenvalue weighted by atomic mass is 9.89. The van der Waals surface area contributed by atoms with Crippen molar-refractivity contribution in [2.24, 2.45) is 5.92 Å². The molecule has 2 aromatic rings. The Labute approximate surface area is 169 Å². The van der Waals surface area contributed by atoms with Gasteiger partial charge in [-0.25, -0.2) is 0 Å². The van der Waals surface area contributed by atoms with E-state index >= 15 is 0 Å². The van der Waals surface area contributed by atoms with Gasteiger partial charge in [0.05, 0.1) is 11.6 Å². The van der Waals surface area contributed by atoms with Crippen LogP contribution in [0.3, 0.4) is 0 Å². The summed E-state index contributed by atoms with van der Waals surface area (Å²) in [7, 11) is 0. The first-order valence-corrected chi connectivity index (χ1v) is 9.61. The molecule has 1 saturated heterocycles. The topological polar surface area (TPSA) is 70.4 Å². The number of hydrogen-bond donors (Lipinski definition) is 0. The molecule has 0 radical (unpaired) electrons. The number of nitriles is 1. The predicted octanol–water partition coefficient (Wildman–Crippen LogP) is 4.10. The van der Waals surface area contributed by atoms with E-state index < -0.39 is 6.10 Å². The Morgan fingerprint density at radius 2 is 1.86 bits per heavy atom. The molecule has 28 heavy (non-hydrogen) atoms. The fourth-order valence-corrected chi connectivity index (χ4v) is 3.49. The third-order valence-corrected chi connectivity index (χ3v) is 5.18. The maximum absolute atomic E-state index is 12.7. The molecular weight excluding hydrogens is 376 g/mol. The maximum atomic E-state index is 12.7. The molecule has 1 aliphatic heterocycles. The molecule has 1 aliphatic rings. The van der Waals surface area contributed by atoms with Gasteiger partial charge in [-0.2, -0.15) is 5.26 Å². The largest absolute Gasteiger partial charge is 0.481 e. The van der Waals surface area contributed by atoms with Crippen LogP contribution < -0.4 is 4.74 Å². The Bertz CT molecular complexity index is 897. The molecule has 144 valence electrons. The summed E-state index contributed by atoms with van der Waals surface area (Å²) < 4.78 is 5.70. The number of carbonyl (C=O) groups is 2. The molecule has 6 heteroatoms. The molecule has 0 saturated carbocycles. The van der Waals surface area contributed by atoms with E-state index in [1.54, 1.807) is 60.4 Å². The molecule has 5 nitrogen and oxygen atoms in total. The number of carbonyl (C=O) groups excluding carboxylic acids is 2.